The summed E-state index contributed by atoms with van der Waals surface area (Å²) >= 11 is 1.54. The predicted octanol–water partition coefficient (Wildman–Crippen LogP) is 5.65. The summed E-state index contributed by atoms with van der Waals surface area (Å²) in [6.45, 7) is 7.57. The number of hydrogen-bond donors (Lipinski definition) is 0. The topological polar surface area (TPSA) is 54.9 Å². The van der Waals surface area contributed by atoms with Crippen molar-refractivity contribution in [3.8, 4) is 5.75 Å². The molecule has 1 saturated heterocycles. The van der Waals surface area contributed by atoms with Gasteiger partial charge in [0.2, 0.25) is 0 Å². The lowest BCUT2D eigenvalue weighted by Gasteiger charge is -2.27. The molecule has 0 N–H and O–H groups in total. The van der Waals surface area contributed by atoms with Gasteiger partial charge in [0.1, 0.15) is 5.75 Å². The maximum Gasteiger partial charge on any atom is 0.260 e. The SMILES string of the molecule is CCOc1ccc2nc(N(CCCN3CCOCC3)C(=O)c3ccc(Cc4ccccc4)cc3)sc2c1. The lowest BCUT2D eigenvalue weighted by atomic mass is 10.0. The number of amides is 1. The number of aromatic nitrogens is 1. The van der Waals surface area contributed by atoms with Crippen molar-refractivity contribution in [2.24, 2.45) is 0 Å². The Hall–Kier alpha value is -3.26. The Bertz CT molecular complexity index is 1300. The smallest absolute Gasteiger partial charge is 0.260 e. The number of nitrogens with zero attached hydrogens (tertiary/aromatic N) is 3. The zero-order chi connectivity index (χ0) is 25.5. The van der Waals surface area contributed by atoms with Crippen molar-refractivity contribution in [1.82, 2.24) is 9.88 Å². The summed E-state index contributed by atoms with van der Waals surface area (Å²) < 4.78 is 12.2. The summed E-state index contributed by atoms with van der Waals surface area (Å²) in [5, 5.41) is 0.726. The third-order valence-corrected chi connectivity index (χ3v) is 7.59. The van der Waals surface area contributed by atoms with Gasteiger partial charge in [0.25, 0.3) is 5.91 Å². The molecule has 0 saturated carbocycles. The molecule has 192 valence electrons. The van der Waals surface area contributed by atoms with Gasteiger partial charge in [0.05, 0.1) is 30.0 Å². The van der Waals surface area contributed by atoms with Crippen molar-refractivity contribution in [1.29, 1.82) is 0 Å². The highest BCUT2D eigenvalue weighted by Crippen LogP contribution is 2.32. The highest BCUT2D eigenvalue weighted by atomic mass is 32.1. The van der Waals surface area contributed by atoms with Crippen LogP contribution in [0, 0.1) is 0 Å². The minimum Gasteiger partial charge on any atom is -0.494 e. The molecule has 6 nitrogen and oxygen atoms in total. The summed E-state index contributed by atoms with van der Waals surface area (Å²) in [6, 6.07) is 24.3. The van der Waals surface area contributed by atoms with Crippen molar-refractivity contribution in [3.05, 3.63) is 89.5 Å². The molecule has 1 aliphatic rings. The number of hydrogen-bond acceptors (Lipinski definition) is 6. The molecule has 0 aliphatic carbocycles. The Labute approximate surface area is 222 Å². The monoisotopic (exact) mass is 515 g/mol. The van der Waals surface area contributed by atoms with Gasteiger partial charge in [0.15, 0.2) is 5.13 Å². The van der Waals surface area contributed by atoms with Gasteiger partial charge in [-0.15, -0.1) is 0 Å². The van der Waals surface area contributed by atoms with Gasteiger partial charge in [-0.3, -0.25) is 14.6 Å². The van der Waals surface area contributed by atoms with Gasteiger partial charge >= 0.3 is 0 Å². The fraction of sp³-hybridized carbons (Fsp3) is 0.333. The fourth-order valence-corrected chi connectivity index (χ4v) is 5.60. The molecule has 4 aromatic rings. The van der Waals surface area contributed by atoms with Crippen LogP contribution in [0.5, 0.6) is 5.75 Å². The molecule has 1 aliphatic heterocycles. The van der Waals surface area contributed by atoms with Gasteiger partial charge in [-0.1, -0.05) is 53.8 Å². The lowest BCUT2D eigenvalue weighted by Crippen LogP contribution is -2.39. The Kier molecular flexibility index (Phi) is 8.46. The second kappa shape index (κ2) is 12.3. The minimum atomic E-state index is -0.0164. The number of carbonyl (C=O) groups excluding carboxylic acids is 1. The first kappa shape index (κ1) is 25.4. The molecule has 0 unspecified atom stereocenters. The van der Waals surface area contributed by atoms with E-state index >= 15 is 0 Å². The Morgan fingerprint density at radius 3 is 2.54 bits per heavy atom. The molecular weight excluding hydrogens is 482 g/mol. The van der Waals surface area contributed by atoms with E-state index < -0.39 is 0 Å². The first-order valence-electron chi connectivity index (χ1n) is 13.0. The second-order valence-electron chi connectivity index (χ2n) is 9.18. The normalized spacial score (nSPS) is 14.1. The summed E-state index contributed by atoms with van der Waals surface area (Å²) in [6.07, 6.45) is 1.72. The van der Waals surface area contributed by atoms with Crippen LogP contribution in [0.4, 0.5) is 5.13 Å². The number of fused-ring (bicyclic) bond motifs is 1. The molecule has 37 heavy (non-hydrogen) atoms. The molecule has 5 rings (SSSR count). The van der Waals surface area contributed by atoms with E-state index in [2.05, 4.69) is 41.3 Å². The molecule has 1 amide bonds. The molecule has 0 radical (unpaired) electrons. The Morgan fingerprint density at radius 1 is 1.03 bits per heavy atom. The Morgan fingerprint density at radius 2 is 1.78 bits per heavy atom. The average molecular weight is 516 g/mol. The highest BCUT2D eigenvalue weighted by Gasteiger charge is 2.22. The molecular formula is C30H33N3O3S. The van der Waals surface area contributed by atoms with E-state index in [0.717, 1.165) is 66.8 Å². The van der Waals surface area contributed by atoms with Crippen molar-refractivity contribution in [2.75, 3.05) is 50.9 Å². The zero-order valence-electron chi connectivity index (χ0n) is 21.3. The van der Waals surface area contributed by atoms with Crippen LogP contribution in [0.25, 0.3) is 10.2 Å². The van der Waals surface area contributed by atoms with E-state index in [1.807, 2.05) is 48.2 Å². The quantitative estimate of drug-likeness (QED) is 0.273. The molecule has 0 atom stereocenters. The number of morpholine rings is 1. The summed E-state index contributed by atoms with van der Waals surface area (Å²) in [5.74, 6) is 0.807. The number of benzene rings is 3. The van der Waals surface area contributed by atoms with Crippen LogP contribution < -0.4 is 9.64 Å². The van der Waals surface area contributed by atoms with Crippen LogP contribution in [-0.2, 0) is 11.2 Å². The molecule has 7 heteroatoms. The number of carbonyl (C=O) groups is 1. The number of rotatable bonds is 10. The van der Waals surface area contributed by atoms with E-state index in [1.54, 1.807) is 0 Å². The molecule has 3 aromatic carbocycles. The van der Waals surface area contributed by atoms with Crippen LogP contribution in [-0.4, -0.2) is 61.8 Å². The predicted molar refractivity (Wildman–Crippen MR) is 150 cm³/mol. The zero-order valence-corrected chi connectivity index (χ0v) is 22.1. The third kappa shape index (κ3) is 6.55. The van der Waals surface area contributed by atoms with Crippen LogP contribution in [0.1, 0.15) is 34.8 Å². The molecule has 0 bridgehead atoms. The summed E-state index contributed by atoms with van der Waals surface area (Å²) in [7, 11) is 0. The lowest BCUT2D eigenvalue weighted by molar-refractivity contribution is 0.0376. The second-order valence-corrected chi connectivity index (χ2v) is 10.2. The van der Waals surface area contributed by atoms with Gasteiger partial charge in [-0.2, -0.15) is 0 Å². The number of anilines is 1. The first-order valence-corrected chi connectivity index (χ1v) is 13.8. The van der Waals surface area contributed by atoms with Crippen LogP contribution in [0.3, 0.4) is 0 Å². The van der Waals surface area contributed by atoms with Gasteiger partial charge < -0.3 is 9.47 Å². The highest BCUT2D eigenvalue weighted by molar-refractivity contribution is 7.22. The van der Waals surface area contributed by atoms with Crippen molar-refractivity contribution >= 4 is 32.6 Å². The molecule has 1 aromatic heterocycles. The molecule has 0 spiro atoms. The largest absolute Gasteiger partial charge is 0.494 e. The van der Waals surface area contributed by atoms with E-state index in [-0.39, 0.29) is 5.91 Å². The third-order valence-electron chi connectivity index (χ3n) is 6.55. The fourth-order valence-electron chi connectivity index (χ4n) is 4.58. The Balaban J connectivity index is 1.35. The molecule has 2 heterocycles. The molecule has 1 fully saturated rings. The van der Waals surface area contributed by atoms with Crippen LogP contribution in [0.2, 0.25) is 0 Å². The van der Waals surface area contributed by atoms with Crippen molar-refractivity contribution in [3.63, 3.8) is 0 Å². The maximum atomic E-state index is 13.8. The standard InChI is InChI=1S/C30H33N3O3S/c1-2-36-26-13-14-27-28(22-26)37-30(31-27)33(16-6-15-32-17-19-35-20-18-32)29(34)25-11-9-24(10-12-25)21-23-7-4-3-5-8-23/h3-5,7-14,22H,2,6,15-21H2,1H3. The first-order chi connectivity index (χ1) is 18.2. The average Bonchev–Trinajstić information content (AvgIpc) is 3.36. The van der Waals surface area contributed by atoms with E-state index in [4.69, 9.17) is 14.5 Å². The van der Waals surface area contributed by atoms with Gasteiger partial charge in [0, 0.05) is 31.7 Å². The van der Waals surface area contributed by atoms with Crippen molar-refractivity contribution in [2.45, 2.75) is 19.8 Å². The van der Waals surface area contributed by atoms with Crippen LogP contribution in [0.15, 0.2) is 72.8 Å². The minimum absolute atomic E-state index is 0.0164. The van der Waals surface area contributed by atoms with E-state index in [1.165, 1.54) is 22.5 Å². The number of thiazole rings is 1. The van der Waals surface area contributed by atoms with E-state index in [9.17, 15) is 4.79 Å². The van der Waals surface area contributed by atoms with Gasteiger partial charge in [-0.25, -0.2) is 4.98 Å². The van der Waals surface area contributed by atoms with Crippen LogP contribution >= 0.6 is 11.3 Å². The summed E-state index contributed by atoms with van der Waals surface area (Å²) in [5.41, 5.74) is 4.00. The summed E-state index contributed by atoms with van der Waals surface area (Å²) in [4.78, 5) is 22.9. The van der Waals surface area contributed by atoms with Crippen molar-refractivity contribution < 1.29 is 14.3 Å². The van der Waals surface area contributed by atoms with E-state index in [0.29, 0.717) is 18.7 Å². The maximum absolute atomic E-state index is 13.8. The number of ether oxygens (including phenoxy) is 2. The van der Waals surface area contributed by atoms with Gasteiger partial charge in [-0.05, 0) is 61.2 Å².